The van der Waals surface area contributed by atoms with Gasteiger partial charge in [0, 0.05) is 26.2 Å². The minimum absolute atomic E-state index is 0.219. The van der Waals surface area contributed by atoms with E-state index in [1.165, 1.54) is 0 Å². The van der Waals surface area contributed by atoms with E-state index in [4.69, 9.17) is 9.47 Å². The zero-order valence-corrected chi connectivity index (χ0v) is 15.2. The molecular formula is C20H21N5O2. The number of nitrogens with zero attached hydrogens (tertiary/aromatic N) is 5. The highest BCUT2D eigenvalue weighted by Gasteiger charge is 2.20. The van der Waals surface area contributed by atoms with Gasteiger partial charge in [-0.05, 0) is 31.3 Å². The molecule has 0 saturated carbocycles. The molecule has 27 heavy (non-hydrogen) atoms. The van der Waals surface area contributed by atoms with Crippen molar-refractivity contribution < 1.29 is 9.47 Å². The third-order valence-corrected chi connectivity index (χ3v) is 4.27. The quantitative estimate of drug-likeness (QED) is 0.690. The molecule has 0 amide bonds. The first-order valence-electron chi connectivity index (χ1n) is 8.92. The van der Waals surface area contributed by atoms with Gasteiger partial charge in [-0.25, -0.2) is 0 Å². The second kappa shape index (κ2) is 8.01. The van der Waals surface area contributed by atoms with Gasteiger partial charge in [0.05, 0.1) is 0 Å². The van der Waals surface area contributed by atoms with Crippen LogP contribution in [0.15, 0.2) is 60.7 Å². The van der Waals surface area contributed by atoms with Crippen molar-refractivity contribution in [3.63, 3.8) is 0 Å². The van der Waals surface area contributed by atoms with E-state index in [1.807, 2.05) is 60.7 Å². The van der Waals surface area contributed by atoms with Crippen LogP contribution in [0.2, 0.25) is 0 Å². The van der Waals surface area contributed by atoms with Crippen LogP contribution in [0.3, 0.4) is 0 Å². The van der Waals surface area contributed by atoms with Gasteiger partial charge in [0.2, 0.25) is 5.95 Å². The fraction of sp³-hybridized carbons (Fsp3) is 0.250. The number of aromatic nitrogens is 3. The molecule has 2 heterocycles. The predicted molar refractivity (Wildman–Crippen MR) is 103 cm³/mol. The topological polar surface area (TPSA) is 63.6 Å². The van der Waals surface area contributed by atoms with E-state index in [0.717, 1.165) is 26.2 Å². The first kappa shape index (κ1) is 17.2. The van der Waals surface area contributed by atoms with Crippen LogP contribution in [0.4, 0.5) is 5.95 Å². The average molecular weight is 363 g/mol. The Balaban J connectivity index is 1.63. The number of piperazine rings is 1. The Morgan fingerprint density at radius 3 is 1.63 bits per heavy atom. The fourth-order valence-corrected chi connectivity index (χ4v) is 2.75. The van der Waals surface area contributed by atoms with E-state index >= 15 is 0 Å². The molecule has 2 aromatic carbocycles. The maximum Gasteiger partial charge on any atom is 0.330 e. The minimum Gasteiger partial charge on any atom is -0.424 e. The van der Waals surface area contributed by atoms with Crippen molar-refractivity contribution in [1.82, 2.24) is 19.9 Å². The molecule has 0 N–H and O–H groups in total. The Morgan fingerprint density at radius 2 is 1.15 bits per heavy atom. The lowest BCUT2D eigenvalue weighted by molar-refractivity contribution is 0.309. The second-order valence-electron chi connectivity index (χ2n) is 6.32. The average Bonchev–Trinajstić information content (AvgIpc) is 2.70. The Kier molecular flexibility index (Phi) is 5.11. The van der Waals surface area contributed by atoms with Gasteiger partial charge in [-0.3, -0.25) is 0 Å². The summed E-state index contributed by atoms with van der Waals surface area (Å²) in [5.74, 6) is 1.90. The van der Waals surface area contributed by atoms with Gasteiger partial charge in [0.1, 0.15) is 11.5 Å². The summed E-state index contributed by atoms with van der Waals surface area (Å²) >= 11 is 0. The van der Waals surface area contributed by atoms with E-state index in [0.29, 0.717) is 17.4 Å². The number of hydrogen-bond donors (Lipinski definition) is 0. The summed E-state index contributed by atoms with van der Waals surface area (Å²) in [5.41, 5.74) is 0. The summed E-state index contributed by atoms with van der Waals surface area (Å²) in [6.45, 7) is 3.59. The second-order valence-corrected chi connectivity index (χ2v) is 6.32. The number of rotatable bonds is 5. The number of hydrogen-bond acceptors (Lipinski definition) is 7. The van der Waals surface area contributed by atoms with Gasteiger partial charge in [-0.15, -0.1) is 4.98 Å². The molecule has 0 spiro atoms. The zero-order chi connectivity index (χ0) is 18.5. The highest BCUT2D eigenvalue weighted by molar-refractivity contribution is 5.35. The van der Waals surface area contributed by atoms with E-state index in [1.54, 1.807) is 0 Å². The van der Waals surface area contributed by atoms with Crippen molar-refractivity contribution in [2.75, 3.05) is 38.1 Å². The molecule has 0 radical (unpaired) electrons. The monoisotopic (exact) mass is 363 g/mol. The third-order valence-electron chi connectivity index (χ3n) is 4.27. The van der Waals surface area contributed by atoms with E-state index in [9.17, 15) is 0 Å². The summed E-state index contributed by atoms with van der Waals surface area (Å²) in [7, 11) is 2.11. The number of para-hydroxylation sites is 2. The molecule has 1 aromatic heterocycles. The zero-order valence-electron chi connectivity index (χ0n) is 15.2. The maximum atomic E-state index is 5.83. The largest absolute Gasteiger partial charge is 0.424 e. The lowest BCUT2D eigenvalue weighted by atomic mass is 10.3. The smallest absolute Gasteiger partial charge is 0.330 e. The van der Waals surface area contributed by atoms with E-state index < -0.39 is 0 Å². The minimum atomic E-state index is 0.219. The molecule has 7 heteroatoms. The van der Waals surface area contributed by atoms with Crippen LogP contribution in [0.25, 0.3) is 0 Å². The number of ether oxygens (including phenoxy) is 2. The molecular weight excluding hydrogens is 342 g/mol. The fourth-order valence-electron chi connectivity index (χ4n) is 2.75. The molecule has 7 nitrogen and oxygen atoms in total. The Hall–Kier alpha value is -3.19. The maximum absolute atomic E-state index is 5.83. The van der Waals surface area contributed by atoms with Gasteiger partial charge < -0.3 is 19.3 Å². The van der Waals surface area contributed by atoms with Crippen molar-refractivity contribution in [3.8, 4) is 23.5 Å². The SMILES string of the molecule is CN1CCN(c2nc(Oc3ccccc3)nc(Oc3ccccc3)n2)CC1. The molecule has 1 saturated heterocycles. The number of benzene rings is 2. The summed E-state index contributed by atoms with van der Waals surface area (Å²) in [6.07, 6.45) is 0. The third kappa shape index (κ3) is 4.51. The summed E-state index contributed by atoms with van der Waals surface area (Å²) in [5, 5.41) is 0. The summed E-state index contributed by atoms with van der Waals surface area (Å²) in [4.78, 5) is 17.7. The number of anilines is 1. The molecule has 0 aliphatic carbocycles. The van der Waals surface area contributed by atoms with Crippen molar-refractivity contribution in [2.45, 2.75) is 0 Å². The lowest BCUT2D eigenvalue weighted by Gasteiger charge is -2.32. The van der Waals surface area contributed by atoms with Gasteiger partial charge in [-0.1, -0.05) is 36.4 Å². The van der Waals surface area contributed by atoms with Gasteiger partial charge >= 0.3 is 12.0 Å². The van der Waals surface area contributed by atoms with Crippen LogP contribution < -0.4 is 14.4 Å². The molecule has 1 aliphatic heterocycles. The molecule has 138 valence electrons. The highest BCUT2D eigenvalue weighted by atomic mass is 16.5. The van der Waals surface area contributed by atoms with E-state index in [2.05, 4.69) is 31.8 Å². The summed E-state index contributed by atoms with van der Waals surface area (Å²) < 4.78 is 11.7. The van der Waals surface area contributed by atoms with Crippen LogP contribution in [-0.2, 0) is 0 Å². The molecule has 0 unspecified atom stereocenters. The first-order chi connectivity index (χ1) is 13.3. The molecule has 1 aliphatic rings. The molecule has 3 aromatic rings. The first-order valence-corrected chi connectivity index (χ1v) is 8.92. The van der Waals surface area contributed by atoms with Crippen LogP contribution >= 0.6 is 0 Å². The van der Waals surface area contributed by atoms with Crippen molar-refractivity contribution in [1.29, 1.82) is 0 Å². The van der Waals surface area contributed by atoms with Crippen molar-refractivity contribution in [2.24, 2.45) is 0 Å². The van der Waals surface area contributed by atoms with Crippen molar-refractivity contribution in [3.05, 3.63) is 60.7 Å². The Morgan fingerprint density at radius 1 is 0.667 bits per heavy atom. The molecule has 1 fully saturated rings. The van der Waals surface area contributed by atoms with E-state index in [-0.39, 0.29) is 12.0 Å². The predicted octanol–water partition coefficient (Wildman–Crippen LogP) is 3.21. The van der Waals surface area contributed by atoms with Gasteiger partial charge in [0.15, 0.2) is 0 Å². The Bertz CT molecular complexity index is 808. The molecule has 0 atom stereocenters. The highest BCUT2D eigenvalue weighted by Crippen LogP contribution is 2.25. The van der Waals surface area contributed by atoms with Crippen LogP contribution in [0, 0.1) is 0 Å². The lowest BCUT2D eigenvalue weighted by Crippen LogP contribution is -2.45. The van der Waals surface area contributed by atoms with Crippen molar-refractivity contribution >= 4 is 5.95 Å². The van der Waals surface area contributed by atoms with Crippen LogP contribution in [0.1, 0.15) is 0 Å². The molecule has 4 rings (SSSR count). The molecule has 0 bridgehead atoms. The normalized spacial score (nSPS) is 14.8. The summed E-state index contributed by atoms with van der Waals surface area (Å²) in [6, 6.07) is 19.3. The standard InChI is InChI=1S/C20H21N5O2/c1-24-12-14-25(15-13-24)18-21-19(26-16-8-4-2-5-9-16)23-20(22-18)27-17-10-6-3-7-11-17/h2-11H,12-15H2,1H3. The Labute approximate surface area is 158 Å². The van der Waals surface area contributed by atoms with Gasteiger partial charge in [-0.2, -0.15) is 9.97 Å². The van der Waals surface area contributed by atoms with Gasteiger partial charge in [0.25, 0.3) is 0 Å². The van der Waals surface area contributed by atoms with Crippen LogP contribution in [-0.4, -0.2) is 53.1 Å². The van der Waals surface area contributed by atoms with Crippen LogP contribution in [0.5, 0.6) is 23.5 Å². The number of likely N-dealkylation sites (N-methyl/N-ethyl adjacent to an activating group) is 1.